The number of methoxy groups -OCH3 is 1. The molecular weight excluding hydrogens is 430 g/mol. The minimum Gasteiger partial charge on any atom is -0.495 e. The number of rotatable bonds is 5. The lowest BCUT2D eigenvalue weighted by Gasteiger charge is -2.39. The summed E-state index contributed by atoms with van der Waals surface area (Å²) in [5.74, 6) is 1.49. The highest BCUT2D eigenvalue weighted by atomic mass is 32.2. The Labute approximate surface area is 189 Å². The number of hydrogen-bond acceptors (Lipinski definition) is 6. The van der Waals surface area contributed by atoms with E-state index in [9.17, 15) is 13.2 Å². The molecule has 0 saturated carbocycles. The molecule has 0 bridgehead atoms. The topological polar surface area (TPSA) is 88.0 Å². The molecule has 0 aliphatic carbocycles. The highest BCUT2D eigenvalue weighted by Gasteiger charge is 2.35. The maximum atomic E-state index is 13.1. The number of piperazine rings is 1. The predicted octanol–water partition coefficient (Wildman–Crippen LogP) is 1.49. The van der Waals surface area contributed by atoms with Crippen LogP contribution in [0.25, 0.3) is 0 Å². The van der Waals surface area contributed by atoms with E-state index in [2.05, 4.69) is 9.88 Å². The zero-order valence-corrected chi connectivity index (χ0v) is 19.7. The number of amides is 1. The molecule has 0 spiro atoms. The third-order valence-corrected chi connectivity index (χ3v) is 8.28. The van der Waals surface area contributed by atoms with Crippen molar-refractivity contribution in [2.75, 3.05) is 51.3 Å². The molecule has 0 N–H and O–H groups in total. The number of ether oxygens (including phenoxy) is 1. The number of hydrogen-bond donors (Lipinski definition) is 0. The summed E-state index contributed by atoms with van der Waals surface area (Å²) in [7, 11) is -0.180. The summed E-state index contributed by atoms with van der Waals surface area (Å²) in [6, 6.07) is 7.92. The van der Waals surface area contributed by atoms with Crippen molar-refractivity contribution < 1.29 is 17.9 Å². The second-order valence-electron chi connectivity index (χ2n) is 8.40. The molecule has 2 aromatic rings. The van der Waals surface area contributed by atoms with Gasteiger partial charge in [-0.05, 0) is 31.9 Å². The Hall–Kier alpha value is -2.59. The lowest BCUT2D eigenvalue weighted by molar-refractivity contribution is -0.137. The molecule has 2 aliphatic rings. The molecule has 10 heteroatoms. The van der Waals surface area contributed by atoms with Gasteiger partial charge in [-0.2, -0.15) is 4.31 Å². The largest absolute Gasteiger partial charge is 0.495 e. The van der Waals surface area contributed by atoms with Gasteiger partial charge in [0.05, 0.1) is 12.8 Å². The molecule has 174 valence electrons. The number of sulfonamides is 1. The first-order valence-corrected chi connectivity index (χ1v) is 12.4. The van der Waals surface area contributed by atoms with E-state index in [0.717, 1.165) is 24.5 Å². The Morgan fingerprint density at radius 2 is 1.72 bits per heavy atom. The molecule has 32 heavy (non-hydrogen) atoms. The number of aromatic nitrogens is 2. The monoisotopic (exact) mass is 461 g/mol. The molecule has 2 saturated heterocycles. The number of para-hydroxylation sites is 2. The van der Waals surface area contributed by atoms with Gasteiger partial charge in [-0.25, -0.2) is 13.4 Å². The standard InChI is InChI=1S/C22H31N5O4S/c1-17-23-21(16-24(17)2)32(29,30)27-10-8-18(9-11-27)22(28)26-14-12-25(13-15-26)19-6-4-5-7-20(19)31-3/h4-7,16,18H,8-15H2,1-3H3. The Morgan fingerprint density at radius 3 is 2.31 bits per heavy atom. The SMILES string of the molecule is COc1ccccc1N1CCN(C(=O)C2CCN(S(=O)(=O)c3cn(C)c(C)n3)CC2)CC1. The van der Waals surface area contributed by atoms with Crippen molar-refractivity contribution in [3.63, 3.8) is 0 Å². The predicted molar refractivity (Wildman–Crippen MR) is 121 cm³/mol. The van der Waals surface area contributed by atoms with E-state index in [-0.39, 0.29) is 16.9 Å². The van der Waals surface area contributed by atoms with Gasteiger partial charge >= 0.3 is 0 Å². The summed E-state index contributed by atoms with van der Waals surface area (Å²) in [6.45, 7) is 5.27. The van der Waals surface area contributed by atoms with E-state index in [1.54, 1.807) is 31.8 Å². The molecular formula is C22H31N5O4S. The number of carbonyl (C=O) groups is 1. The molecule has 1 aromatic heterocycles. The number of nitrogens with zero attached hydrogens (tertiary/aromatic N) is 5. The first-order chi connectivity index (χ1) is 15.3. The molecule has 4 rings (SSSR count). The minimum absolute atomic E-state index is 0.0785. The molecule has 2 aliphatic heterocycles. The van der Waals surface area contributed by atoms with Gasteiger partial charge in [-0.1, -0.05) is 12.1 Å². The van der Waals surface area contributed by atoms with E-state index in [1.165, 1.54) is 4.31 Å². The molecule has 1 aromatic carbocycles. The van der Waals surface area contributed by atoms with Gasteiger partial charge in [0.15, 0.2) is 5.03 Å². The Bertz CT molecular complexity index is 1050. The fraction of sp³-hybridized carbons (Fsp3) is 0.545. The van der Waals surface area contributed by atoms with Crippen LogP contribution >= 0.6 is 0 Å². The average molecular weight is 462 g/mol. The van der Waals surface area contributed by atoms with Crippen molar-refractivity contribution in [3.05, 3.63) is 36.3 Å². The number of carbonyl (C=O) groups excluding carboxylic acids is 1. The number of aryl methyl sites for hydroxylation is 2. The summed E-state index contributed by atoms with van der Waals surface area (Å²) in [6.07, 6.45) is 2.62. The fourth-order valence-corrected chi connectivity index (χ4v) is 5.94. The number of imidazole rings is 1. The van der Waals surface area contributed by atoms with Crippen molar-refractivity contribution >= 4 is 21.6 Å². The Balaban J connectivity index is 1.32. The zero-order chi connectivity index (χ0) is 22.9. The van der Waals surface area contributed by atoms with Gasteiger partial charge in [0, 0.05) is 58.4 Å². The van der Waals surface area contributed by atoms with Gasteiger partial charge in [0.2, 0.25) is 5.91 Å². The number of benzene rings is 1. The maximum Gasteiger partial charge on any atom is 0.262 e. The Kier molecular flexibility index (Phi) is 6.43. The summed E-state index contributed by atoms with van der Waals surface area (Å²) in [5.41, 5.74) is 1.05. The van der Waals surface area contributed by atoms with Crippen molar-refractivity contribution in [2.45, 2.75) is 24.8 Å². The molecule has 3 heterocycles. The summed E-state index contributed by atoms with van der Waals surface area (Å²) in [5, 5.41) is 0.0785. The van der Waals surface area contributed by atoms with Crippen LogP contribution in [0.4, 0.5) is 5.69 Å². The van der Waals surface area contributed by atoms with Crippen LogP contribution in [0.2, 0.25) is 0 Å². The fourth-order valence-electron chi connectivity index (χ4n) is 4.44. The normalized spacial score (nSPS) is 18.7. The van der Waals surface area contributed by atoms with Crippen molar-refractivity contribution in [2.24, 2.45) is 13.0 Å². The summed E-state index contributed by atoms with van der Waals surface area (Å²) < 4.78 is 34.4. The van der Waals surface area contributed by atoms with Crippen LogP contribution in [0.15, 0.2) is 35.5 Å². The van der Waals surface area contributed by atoms with E-state index >= 15 is 0 Å². The van der Waals surface area contributed by atoms with Crippen LogP contribution in [-0.4, -0.2) is 79.5 Å². The van der Waals surface area contributed by atoms with E-state index in [0.29, 0.717) is 44.8 Å². The quantitative estimate of drug-likeness (QED) is 0.670. The third-order valence-electron chi connectivity index (χ3n) is 6.51. The summed E-state index contributed by atoms with van der Waals surface area (Å²) in [4.78, 5) is 21.4. The van der Waals surface area contributed by atoms with Crippen LogP contribution in [0.3, 0.4) is 0 Å². The number of piperidine rings is 1. The lowest BCUT2D eigenvalue weighted by Crippen LogP contribution is -2.52. The molecule has 1 amide bonds. The van der Waals surface area contributed by atoms with Gasteiger partial charge < -0.3 is 19.1 Å². The van der Waals surface area contributed by atoms with Crippen LogP contribution in [-0.2, 0) is 21.9 Å². The molecule has 0 atom stereocenters. The zero-order valence-electron chi connectivity index (χ0n) is 18.9. The van der Waals surface area contributed by atoms with E-state index in [1.807, 2.05) is 29.2 Å². The molecule has 2 fully saturated rings. The van der Waals surface area contributed by atoms with Gasteiger partial charge in [-0.15, -0.1) is 0 Å². The van der Waals surface area contributed by atoms with Crippen molar-refractivity contribution in [1.29, 1.82) is 0 Å². The van der Waals surface area contributed by atoms with E-state index in [4.69, 9.17) is 4.74 Å². The van der Waals surface area contributed by atoms with Crippen molar-refractivity contribution in [1.82, 2.24) is 18.8 Å². The lowest BCUT2D eigenvalue weighted by atomic mass is 9.96. The Morgan fingerprint density at radius 1 is 1.06 bits per heavy atom. The van der Waals surface area contributed by atoms with Gasteiger partial charge in [0.1, 0.15) is 11.6 Å². The molecule has 0 radical (unpaired) electrons. The van der Waals surface area contributed by atoms with Crippen LogP contribution in [0, 0.1) is 12.8 Å². The maximum absolute atomic E-state index is 13.1. The van der Waals surface area contributed by atoms with Gasteiger partial charge in [-0.3, -0.25) is 4.79 Å². The molecule has 0 unspecified atom stereocenters. The second-order valence-corrected chi connectivity index (χ2v) is 10.3. The molecule has 9 nitrogen and oxygen atoms in total. The van der Waals surface area contributed by atoms with Crippen LogP contribution < -0.4 is 9.64 Å². The second kappa shape index (κ2) is 9.11. The highest BCUT2D eigenvalue weighted by Crippen LogP contribution is 2.29. The number of anilines is 1. The third kappa shape index (κ3) is 4.33. The first-order valence-electron chi connectivity index (χ1n) is 11.0. The van der Waals surface area contributed by atoms with Gasteiger partial charge in [0.25, 0.3) is 10.0 Å². The van der Waals surface area contributed by atoms with Crippen LogP contribution in [0.5, 0.6) is 5.75 Å². The van der Waals surface area contributed by atoms with Crippen molar-refractivity contribution in [3.8, 4) is 5.75 Å². The minimum atomic E-state index is -3.62. The van der Waals surface area contributed by atoms with Crippen LogP contribution in [0.1, 0.15) is 18.7 Å². The summed E-state index contributed by atoms with van der Waals surface area (Å²) >= 11 is 0. The van der Waals surface area contributed by atoms with E-state index < -0.39 is 10.0 Å². The highest BCUT2D eigenvalue weighted by molar-refractivity contribution is 7.89. The smallest absolute Gasteiger partial charge is 0.262 e. The first kappa shape index (κ1) is 22.6. The average Bonchev–Trinajstić information content (AvgIpc) is 3.17.